The molecule has 0 saturated carbocycles. The van der Waals surface area contributed by atoms with E-state index in [4.69, 9.17) is 11.6 Å². The van der Waals surface area contributed by atoms with Gasteiger partial charge in [0.1, 0.15) is 0 Å². The van der Waals surface area contributed by atoms with Crippen LogP contribution in [0.5, 0.6) is 0 Å². The highest BCUT2D eigenvalue weighted by Gasteiger charge is 2.12. The number of halogens is 1. The van der Waals surface area contributed by atoms with Crippen molar-refractivity contribution in [3.63, 3.8) is 0 Å². The van der Waals surface area contributed by atoms with Crippen molar-refractivity contribution in [1.82, 2.24) is 15.5 Å². The van der Waals surface area contributed by atoms with Crippen molar-refractivity contribution in [1.29, 1.82) is 0 Å². The maximum absolute atomic E-state index is 11.2. The molecule has 0 aliphatic carbocycles. The van der Waals surface area contributed by atoms with Crippen molar-refractivity contribution in [2.45, 2.75) is 4.90 Å². The Hall–Kier alpha value is -0.810. The summed E-state index contributed by atoms with van der Waals surface area (Å²) in [7, 11) is 1.54. The van der Waals surface area contributed by atoms with E-state index < -0.39 is 0 Å². The van der Waals surface area contributed by atoms with Gasteiger partial charge in [-0.1, -0.05) is 11.6 Å². The van der Waals surface area contributed by atoms with E-state index in [1.807, 2.05) is 6.26 Å². The number of hydrogen-bond donors (Lipinski definition) is 1. The van der Waals surface area contributed by atoms with E-state index in [0.29, 0.717) is 5.69 Å². The summed E-state index contributed by atoms with van der Waals surface area (Å²) in [5, 5.41) is 10.1. The van der Waals surface area contributed by atoms with E-state index in [0.717, 1.165) is 4.90 Å². The minimum atomic E-state index is -0.256. The maximum atomic E-state index is 11.2. The third-order valence-electron chi connectivity index (χ3n) is 1.39. The highest BCUT2D eigenvalue weighted by molar-refractivity contribution is 7.98. The highest BCUT2D eigenvalue weighted by atomic mass is 35.5. The molecule has 1 heterocycles. The van der Waals surface area contributed by atoms with Crippen molar-refractivity contribution >= 4 is 29.3 Å². The van der Waals surface area contributed by atoms with Crippen LogP contribution in [0.1, 0.15) is 10.5 Å². The van der Waals surface area contributed by atoms with Crippen molar-refractivity contribution < 1.29 is 4.79 Å². The molecule has 13 heavy (non-hydrogen) atoms. The third-order valence-corrected chi connectivity index (χ3v) is 2.33. The molecule has 1 N–H and O–H groups in total. The highest BCUT2D eigenvalue weighted by Crippen LogP contribution is 2.20. The van der Waals surface area contributed by atoms with Gasteiger partial charge in [-0.15, -0.1) is 22.0 Å². The lowest BCUT2D eigenvalue weighted by Crippen LogP contribution is -2.20. The Morgan fingerprint density at radius 2 is 2.31 bits per heavy atom. The van der Waals surface area contributed by atoms with Gasteiger partial charge < -0.3 is 5.32 Å². The molecule has 0 bridgehead atoms. The van der Waals surface area contributed by atoms with Gasteiger partial charge in [-0.05, 0) is 12.3 Å². The van der Waals surface area contributed by atoms with E-state index in [9.17, 15) is 4.79 Å². The molecule has 0 unspecified atom stereocenters. The van der Waals surface area contributed by atoms with Crippen LogP contribution in [0.2, 0.25) is 5.15 Å². The Morgan fingerprint density at radius 3 is 2.85 bits per heavy atom. The van der Waals surface area contributed by atoms with Crippen molar-refractivity contribution in [2.75, 3.05) is 13.3 Å². The first kappa shape index (κ1) is 10.3. The van der Waals surface area contributed by atoms with E-state index in [-0.39, 0.29) is 11.1 Å². The van der Waals surface area contributed by atoms with Crippen LogP contribution >= 0.6 is 23.4 Å². The number of carbonyl (C=O) groups is 1. The molecular formula is C7H8ClN3OS. The van der Waals surface area contributed by atoms with Crippen molar-refractivity contribution in [3.05, 3.63) is 16.9 Å². The predicted molar refractivity (Wildman–Crippen MR) is 52.2 cm³/mol. The number of nitrogens with one attached hydrogen (secondary N) is 1. The molecule has 0 aromatic carbocycles. The lowest BCUT2D eigenvalue weighted by atomic mass is 10.4. The van der Waals surface area contributed by atoms with Gasteiger partial charge in [0.2, 0.25) is 0 Å². The van der Waals surface area contributed by atoms with Crippen molar-refractivity contribution in [2.24, 2.45) is 0 Å². The number of carbonyl (C=O) groups excluding carboxylic acids is 1. The van der Waals surface area contributed by atoms with Crippen LogP contribution < -0.4 is 5.32 Å². The normalized spacial score (nSPS) is 9.77. The van der Waals surface area contributed by atoms with E-state index in [1.54, 1.807) is 13.1 Å². The van der Waals surface area contributed by atoms with Gasteiger partial charge in [0, 0.05) is 11.9 Å². The smallest absolute Gasteiger partial charge is 0.272 e. The zero-order valence-electron chi connectivity index (χ0n) is 7.17. The first-order chi connectivity index (χ1) is 6.19. The molecule has 0 aliphatic heterocycles. The molecule has 70 valence electrons. The number of rotatable bonds is 2. The fourth-order valence-electron chi connectivity index (χ4n) is 0.784. The van der Waals surface area contributed by atoms with E-state index in [2.05, 4.69) is 15.5 Å². The molecule has 1 amide bonds. The molecule has 0 spiro atoms. The number of amides is 1. The molecular weight excluding hydrogens is 210 g/mol. The van der Waals surface area contributed by atoms with E-state index in [1.165, 1.54) is 11.8 Å². The molecule has 1 aromatic rings. The third kappa shape index (κ3) is 2.32. The van der Waals surface area contributed by atoms with Crippen LogP contribution in [-0.2, 0) is 0 Å². The molecule has 0 saturated heterocycles. The number of aromatic nitrogens is 2. The molecule has 6 heteroatoms. The van der Waals surface area contributed by atoms with Gasteiger partial charge in [0.25, 0.3) is 5.91 Å². The SMILES string of the molecule is CNC(=O)c1nnc(Cl)cc1SC. The Bertz CT molecular complexity index is 332. The summed E-state index contributed by atoms with van der Waals surface area (Å²) in [4.78, 5) is 12.0. The monoisotopic (exact) mass is 217 g/mol. The zero-order chi connectivity index (χ0) is 9.84. The van der Waals surface area contributed by atoms with Gasteiger partial charge in [-0.2, -0.15) is 0 Å². The number of hydrogen-bond acceptors (Lipinski definition) is 4. The average molecular weight is 218 g/mol. The lowest BCUT2D eigenvalue weighted by Gasteiger charge is -2.03. The fourth-order valence-corrected chi connectivity index (χ4v) is 1.55. The Balaban J connectivity index is 3.13. The molecule has 0 atom stereocenters. The topological polar surface area (TPSA) is 54.9 Å². The van der Waals surface area contributed by atoms with Gasteiger partial charge >= 0.3 is 0 Å². The van der Waals surface area contributed by atoms with Crippen LogP contribution in [0.4, 0.5) is 0 Å². The van der Waals surface area contributed by atoms with Crippen LogP contribution in [-0.4, -0.2) is 29.4 Å². The minimum absolute atomic E-state index is 0.256. The van der Waals surface area contributed by atoms with Crippen LogP contribution in [0, 0.1) is 0 Å². The molecule has 1 rings (SSSR count). The minimum Gasteiger partial charge on any atom is -0.354 e. The molecule has 0 radical (unpaired) electrons. The largest absolute Gasteiger partial charge is 0.354 e. The van der Waals surface area contributed by atoms with Crippen LogP contribution in [0.15, 0.2) is 11.0 Å². The van der Waals surface area contributed by atoms with Gasteiger partial charge in [-0.25, -0.2) is 0 Å². The second-order valence-electron chi connectivity index (χ2n) is 2.16. The standard InChI is InChI=1S/C7H8ClN3OS/c1-9-7(12)6-4(13-2)3-5(8)10-11-6/h3H,1-2H3,(H,9,12). The van der Waals surface area contributed by atoms with E-state index >= 15 is 0 Å². The lowest BCUT2D eigenvalue weighted by molar-refractivity contribution is 0.0954. The van der Waals surface area contributed by atoms with Gasteiger partial charge in [0.15, 0.2) is 10.8 Å². The molecule has 1 aromatic heterocycles. The Morgan fingerprint density at radius 1 is 1.62 bits per heavy atom. The predicted octanol–water partition coefficient (Wildman–Crippen LogP) is 1.21. The first-order valence-corrected chi connectivity index (χ1v) is 5.08. The summed E-state index contributed by atoms with van der Waals surface area (Å²) in [5.74, 6) is -0.256. The average Bonchev–Trinajstić information content (AvgIpc) is 2.16. The maximum Gasteiger partial charge on any atom is 0.272 e. The Kier molecular flexibility index (Phi) is 3.50. The Labute approximate surface area is 85.1 Å². The molecule has 4 nitrogen and oxygen atoms in total. The summed E-state index contributed by atoms with van der Waals surface area (Å²) in [6.45, 7) is 0. The summed E-state index contributed by atoms with van der Waals surface area (Å²) in [6, 6.07) is 1.61. The first-order valence-electron chi connectivity index (χ1n) is 3.48. The van der Waals surface area contributed by atoms with Crippen molar-refractivity contribution in [3.8, 4) is 0 Å². The van der Waals surface area contributed by atoms with Gasteiger partial charge in [-0.3, -0.25) is 4.79 Å². The second-order valence-corrected chi connectivity index (χ2v) is 3.40. The second kappa shape index (κ2) is 4.43. The summed E-state index contributed by atoms with van der Waals surface area (Å²) >= 11 is 7.03. The molecule has 0 fully saturated rings. The zero-order valence-corrected chi connectivity index (χ0v) is 8.74. The number of thioether (sulfide) groups is 1. The summed E-state index contributed by atoms with van der Waals surface area (Å²) in [6.07, 6.45) is 1.85. The number of nitrogens with zero attached hydrogens (tertiary/aromatic N) is 2. The van der Waals surface area contributed by atoms with Gasteiger partial charge in [0.05, 0.1) is 0 Å². The quantitative estimate of drug-likeness (QED) is 0.757. The summed E-state index contributed by atoms with van der Waals surface area (Å²) < 4.78 is 0. The fraction of sp³-hybridized carbons (Fsp3) is 0.286. The van der Waals surface area contributed by atoms with Crippen LogP contribution in [0.25, 0.3) is 0 Å². The summed E-state index contributed by atoms with van der Waals surface area (Å²) in [5.41, 5.74) is 0.305. The van der Waals surface area contributed by atoms with Crippen LogP contribution in [0.3, 0.4) is 0 Å². The molecule has 0 aliphatic rings.